The molecule has 0 radical (unpaired) electrons. The van der Waals surface area contributed by atoms with Gasteiger partial charge in [-0.3, -0.25) is 0 Å². The van der Waals surface area contributed by atoms with Crippen LogP contribution in [0, 0.1) is 6.92 Å². The molecule has 0 N–H and O–H groups in total. The van der Waals surface area contributed by atoms with E-state index in [4.69, 9.17) is 0 Å². The van der Waals surface area contributed by atoms with E-state index in [0.717, 1.165) is 19.3 Å². The SMILES string of the molecule is Cc1nc2n(c1S(=O)(=O)F)CCCC2. The van der Waals surface area contributed by atoms with Gasteiger partial charge in [0.15, 0.2) is 5.03 Å². The summed E-state index contributed by atoms with van der Waals surface area (Å²) in [5.74, 6) is 0.685. The van der Waals surface area contributed by atoms with E-state index in [-0.39, 0.29) is 10.7 Å². The Bertz CT molecular complexity index is 464. The lowest BCUT2D eigenvalue weighted by Crippen LogP contribution is -2.14. The van der Waals surface area contributed by atoms with Gasteiger partial charge in [0.25, 0.3) is 0 Å². The van der Waals surface area contributed by atoms with Gasteiger partial charge in [-0.25, -0.2) is 4.98 Å². The van der Waals surface area contributed by atoms with Crippen molar-refractivity contribution in [3.8, 4) is 0 Å². The fourth-order valence-electron chi connectivity index (χ4n) is 1.90. The molecule has 0 atom stereocenters. The molecular formula is C8H11FN2O2S. The van der Waals surface area contributed by atoms with Crippen molar-refractivity contribution in [3.63, 3.8) is 0 Å². The fraction of sp³-hybridized carbons (Fsp3) is 0.625. The van der Waals surface area contributed by atoms with Crippen LogP contribution in [0.5, 0.6) is 0 Å². The van der Waals surface area contributed by atoms with E-state index in [1.807, 2.05) is 0 Å². The lowest BCUT2D eigenvalue weighted by molar-refractivity contribution is 0.477. The van der Waals surface area contributed by atoms with E-state index in [0.29, 0.717) is 12.4 Å². The van der Waals surface area contributed by atoms with Crippen molar-refractivity contribution in [3.05, 3.63) is 11.5 Å². The molecule has 0 spiro atoms. The number of halogens is 1. The first kappa shape index (κ1) is 9.64. The van der Waals surface area contributed by atoms with Gasteiger partial charge in [-0.05, 0) is 19.8 Å². The number of imidazole rings is 1. The second-order valence-corrected chi connectivity index (χ2v) is 4.73. The molecule has 14 heavy (non-hydrogen) atoms. The molecule has 0 saturated heterocycles. The third-order valence-corrected chi connectivity index (χ3v) is 3.40. The first-order valence-electron chi connectivity index (χ1n) is 4.51. The maximum absolute atomic E-state index is 12.9. The largest absolute Gasteiger partial charge is 0.349 e. The van der Waals surface area contributed by atoms with Crippen molar-refractivity contribution < 1.29 is 12.3 Å². The normalized spacial score (nSPS) is 16.7. The average molecular weight is 218 g/mol. The molecule has 0 fully saturated rings. The van der Waals surface area contributed by atoms with Crippen LogP contribution in [-0.2, 0) is 23.2 Å². The average Bonchev–Trinajstić information content (AvgIpc) is 2.38. The minimum Gasteiger partial charge on any atom is -0.317 e. The molecule has 0 aliphatic carbocycles. The summed E-state index contributed by atoms with van der Waals surface area (Å²) in [5.41, 5.74) is 0.268. The van der Waals surface area contributed by atoms with Crippen LogP contribution >= 0.6 is 0 Å². The predicted molar refractivity (Wildman–Crippen MR) is 48.2 cm³/mol. The van der Waals surface area contributed by atoms with Crippen molar-refractivity contribution in [2.45, 2.75) is 37.8 Å². The minimum atomic E-state index is -4.63. The Morgan fingerprint density at radius 1 is 1.43 bits per heavy atom. The van der Waals surface area contributed by atoms with Crippen LogP contribution in [0.25, 0.3) is 0 Å². The summed E-state index contributed by atoms with van der Waals surface area (Å²) in [6, 6.07) is 0. The Morgan fingerprint density at radius 2 is 2.14 bits per heavy atom. The molecule has 0 saturated carbocycles. The van der Waals surface area contributed by atoms with Crippen LogP contribution in [-0.4, -0.2) is 18.0 Å². The molecule has 2 rings (SSSR count). The van der Waals surface area contributed by atoms with E-state index < -0.39 is 10.2 Å². The Kier molecular flexibility index (Phi) is 2.10. The van der Waals surface area contributed by atoms with Crippen molar-refractivity contribution in [2.75, 3.05) is 0 Å². The van der Waals surface area contributed by atoms with E-state index in [1.54, 1.807) is 0 Å². The summed E-state index contributed by atoms with van der Waals surface area (Å²) in [5, 5.41) is -0.257. The van der Waals surface area contributed by atoms with Crippen molar-refractivity contribution >= 4 is 10.2 Å². The molecule has 4 nitrogen and oxygen atoms in total. The molecule has 6 heteroatoms. The summed E-state index contributed by atoms with van der Waals surface area (Å²) in [6.07, 6.45) is 2.60. The van der Waals surface area contributed by atoms with Gasteiger partial charge in [0.1, 0.15) is 5.82 Å². The molecule has 0 bridgehead atoms. The zero-order chi connectivity index (χ0) is 10.3. The third kappa shape index (κ3) is 1.43. The molecule has 1 aliphatic heterocycles. The van der Waals surface area contributed by atoms with Crippen LogP contribution in [0.4, 0.5) is 3.89 Å². The number of fused-ring (bicyclic) bond motifs is 1. The first-order valence-corrected chi connectivity index (χ1v) is 5.89. The molecule has 1 aromatic rings. The highest BCUT2D eigenvalue weighted by Gasteiger charge is 2.26. The lowest BCUT2D eigenvalue weighted by atomic mass is 10.2. The summed E-state index contributed by atoms with van der Waals surface area (Å²) in [7, 11) is -4.63. The van der Waals surface area contributed by atoms with E-state index >= 15 is 0 Å². The molecule has 2 heterocycles. The van der Waals surface area contributed by atoms with Crippen LogP contribution in [0.15, 0.2) is 5.03 Å². The fourth-order valence-corrected chi connectivity index (χ4v) is 2.76. The van der Waals surface area contributed by atoms with Gasteiger partial charge in [0, 0.05) is 13.0 Å². The van der Waals surface area contributed by atoms with Gasteiger partial charge in [-0.15, -0.1) is 0 Å². The van der Waals surface area contributed by atoms with Gasteiger partial charge >= 0.3 is 10.2 Å². The summed E-state index contributed by atoms with van der Waals surface area (Å²) in [4.78, 5) is 4.06. The van der Waals surface area contributed by atoms with Gasteiger partial charge < -0.3 is 4.57 Å². The van der Waals surface area contributed by atoms with Crippen molar-refractivity contribution in [1.82, 2.24) is 9.55 Å². The third-order valence-electron chi connectivity index (χ3n) is 2.43. The van der Waals surface area contributed by atoms with Gasteiger partial charge in [0.2, 0.25) is 0 Å². The molecule has 0 aromatic carbocycles. The second-order valence-electron chi connectivity index (χ2n) is 3.47. The maximum Gasteiger partial charge on any atom is 0.349 e. The molecule has 0 amide bonds. The lowest BCUT2D eigenvalue weighted by Gasteiger charge is -2.14. The second kappa shape index (κ2) is 3.05. The van der Waals surface area contributed by atoms with Crippen LogP contribution in [0.1, 0.15) is 24.4 Å². The van der Waals surface area contributed by atoms with E-state index in [9.17, 15) is 12.3 Å². The Hall–Kier alpha value is -0.910. The highest BCUT2D eigenvalue weighted by molar-refractivity contribution is 7.86. The molecule has 1 aliphatic rings. The number of hydrogen-bond donors (Lipinski definition) is 0. The van der Waals surface area contributed by atoms with Crippen molar-refractivity contribution in [2.24, 2.45) is 0 Å². The Morgan fingerprint density at radius 3 is 2.79 bits per heavy atom. The predicted octanol–water partition coefficient (Wildman–Crippen LogP) is 1.19. The minimum absolute atomic E-state index is 0.257. The van der Waals surface area contributed by atoms with Crippen LogP contribution in [0.2, 0.25) is 0 Å². The molecule has 78 valence electrons. The zero-order valence-electron chi connectivity index (χ0n) is 7.83. The van der Waals surface area contributed by atoms with Crippen LogP contribution < -0.4 is 0 Å². The number of hydrogen-bond acceptors (Lipinski definition) is 3. The monoisotopic (exact) mass is 218 g/mol. The summed E-state index contributed by atoms with van der Waals surface area (Å²) >= 11 is 0. The quantitative estimate of drug-likeness (QED) is 0.665. The Balaban J connectivity index is 2.65. The first-order chi connectivity index (χ1) is 6.50. The smallest absolute Gasteiger partial charge is 0.317 e. The van der Waals surface area contributed by atoms with Crippen molar-refractivity contribution in [1.29, 1.82) is 0 Å². The topological polar surface area (TPSA) is 52.0 Å². The molecule has 1 aromatic heterocycles. The van der Waals surface area contributed by atoms with E-state index in [2.05, 4.69) is 4.98 Å². The number of aryl methyl sites for hydroxylation is 2. The highest BCUT2D eigenvalue weighted by atomic mass is 32.3. The van der Waals surface area contributed by atoms with Gasteiger partial charge in [-0.2, -0.15) is 8.42 Å². The summed E-state index contributed by atoms with van der Waals surface area (Å²) in [6.45, 7) is 2.08. The molecular weight excluding hydrogens is 207 g/mol. The maximum atomic E-state index is 12.9. The Labute approximate surface area is 82.0 Å². The van der Waals surface area contributed by atoms with Gasteiger partial charge in [-0.1, -0.05) is 3.89 Å². The number of aromatic nitrogens is 2. The number of nitrogens with zero attached hydrogens (tertiary/aromatic N) is 2. The summed E-state index contributed by atoms with van der Waals surface area (Å²) < 4.78 is 36.1. The zero-order valence-corrected chi connectivity index (χ0v) is 8.64. The number of rotatable bonds is 1. The van der Waals surface area contributed by atoms with Gasteiger partial charge in [0.05, 0.1) is 5.69 Å². The van der Waals surface area contributed by atoms with E-state index in [1.165, 1.54) is 11.5 Å². The standard InChI is InChI=1S/C8H11FN2O2S/c1-6-8(14(9,12)13)11-5-3-2-4-7(11)10-6/h2-5H2,1H3. The highest BCUT2D eigenvalue weighted by Crippen LogP contribution is 2.24. The van der Waals surface area contributed by atoms with Crippen LogP contribution in [0.3, 0.4) is 0 Å². The molecule has 0 unspecified atom stereocenters.